The SMILES string of the molecule is CCOC(=O)CCCCC(=O)Nc1cc(C(=O)Nc2cc(C(=O)Nc3cc(C(=O)NCCCN(C)C)n(C)c3)n(C)c2)n(C)c1. The van der Waals surface area contributed by atoms with Gasteiger partial charge in [0.15, 0.2) is 0 Å². The highest BCUT2D eigenvalue weighted by molar-refractivity contribution is 6.07. The second-order valence-electron chi connectivity index (χ2n) is 11.1. The van der Waals surface area contributed by atoms with E-state index in [1.807, 2.05) is 19.0 Å². The summed E-state index contributed by atoms with van der Waals surface area (Å²) in [6.45, 7) is 3.48. The highest BCUT2D eigenvalue weighted by Gasteiger charge is 2.19. The molecule has 4 amide bonds. The fourth-order valence-electron chi connectivity index (χ4n) is 4.67. The van der Waals surface area contributed by atoms with Crippen molar-refractivity contribution in [1.82, 2.24) is 23.9 Å². The van der Waals surface area contributed by atoms with Gasteiger partial charge in [0.25, 0.3) is 17.7 Å². The molecule has 244 valence electrons. The van der Waals surface area contributed by atoms with Gasteiger partial charge in [-0.1, -0.05) is 0 Å². The number of nitrogens with zero attached hydrogens (tertiary/aromatic N) is 4. The summed E-state index contributed by atoms with van der Waals surface area (Å²) in [5.41, 5.74) is 2.36. The Morgan fingerprint density at radius 3 is 1.64 bits per heavy atom. The number of anilines is 3. The molecule has 0 saturated heterocycles. The normalized spacial score (nSPS) is 10.9. The second kappa shape index (κ2) is 16.3. The summed E-state index contributed by atoms with van der Waals surface area (Å²) in [6, 6.07) is 4.73. The number of amides is 4. The van der Waals surface area contributed by atoms with Gasteiger partial charge in [0.2, 0.25) is 5.91 Å². The first-order valence-corrected chi connectivity index (χ1v) is 14.9. The van der Waals surface area contributed by atoms with Gasteiger partial charge >= 0.3 is 5.97 Å². The molecule has 14 heteroatoms. The smallest absolute Gasteiger partial charge is 0.305 e. The van der Waals surface area contributed by atoms with Gasteiger partial charge in [-0.2, -0.15) is 0 Å². The molecule has 0 aliphatic heterocycles. The Balaban J connectivity index is 1.54. The van der Waals surface area contributed by atoms with Crippen molar-refractivity contribution in [1.29, 1.82) is 0 Å². The lowest BCUT2D eigenvalue weighted by molar-refractivity contribution is -0.143. The quantitative estimate of drug-likeness (QED) is 0.141. The van der Waals surface area contributed by atoms with Gasteiger partial charge in [0.1, 0.15) is 17.1 Å². The van der Waals surface area contributed by atoms with Crippen molar-refractivity contribution in [2.24, 2.45) is 21.1 Å². The number of ether oxygens (including phenoxy) is 1. The van der Waals surface area contributed by atoms with E-state index in [0.29, 0.717) is 60.1 Å². The molecular formula is C31H44N8O6. The van der Waals surface area contributed by atoms with E-state index < -0.39 is 11.8 Å². The van der Waals surface area contributed by atoms with Crippen LogP contribution in [0.1, 0.15) is 70.5 Å². The van der Waals surface area contributed by atoms with Gasteiger partial charge in [-0.15, -0.1) is 0 Å². The molecule has 14 nitrogen and oxygen atoms in total. The third kappa shape index (κ3) is 10.4. The molecule has 3 aromatic heterocycles. The maximum Gasteiger partial charge on any atom is 0.305 e. The highest BCUT2D eigenvalue weighted by Crippen LogP contribution is 2.20. The standard InChI is InChI=1S/C31H44N8O6/c1-7-45-28(41)12-9-8-11-27(40)33-21-15-25(38(5)18-21)30(43)35-23-17-26(39(6)20-23)31(44)34-22-16-24(37(4)19-22)29(42)32-13-10-14-36(2)3/h15-20H,7-14H2,1-6H3,(H,32,42)(H,33,40)(H,34,44)(H,35,43). The minimum atomic E-state index is -0.422. The van der Waals surface area contributed by atoms with Gasteiger partial charge in [-0.05, 0) is 65.0 Å². The molecule has 0 atom stereocenters. The molecule has 0 bridgehead atoms. The van der Waals surface area contributed by atoms with E-state index in [9.17, 15) is 24.0 Å². The van der Waals surface area contributed by atoms with Crippen molar-refractivity contribution in [2.75, 3.05) is 49.7 Å². The number of hydrogen-bond acceptors (Lipinski definition) is 7. The van der Waals surface area contributed by atoms with Crippen molar-refractivity contribution in [3.63, 3.8) is 0 Å². The lowest BCUT2D eigenvalue weighted by Gasteiger charge is -2.10. The summed E-state index contributed by atoms with van der Waals surface area (Å²) in [5.74, 6) is -1.56. The molecule has 0 aliphatic carbocycles. The predicted molar refractivity (Wildman–Crippen MR) is 171 cm³/mol. The predicted octanol–water partition coefficient (Wildman–Crippen LogP) is 2.95. The molecule has 0 aromatic carbocycles. The molecule has 0 spiro atoms. The van der Waals surface area contributed by atoms with Crippen LogP contribution in [0.3, 0.4) is 0 Å². The largest absolute Gasteiger partial charge is 0.466 e. The Bertz CT molecular complexity index is 1520. The molecule has 3 aromatic rings. The van der Waals surface area contributed by atoms with Crippen LogP contribution in [-0.4, -0.2) is 82.0 Å². The van der Waals surface area contributed by atoms with Crippen LogP contribution in [-0.2, 0) is 35.5 Å². The molecule has 4 N–H and O–H groups in total. The molecule has 45 heavy (non-hydrogen) atoms. The fourth-order valence-corrected chi connectivity index (χ4v) is 4.67. The van der Waals surface area contributed by atoms with E-state index in [1.165, 1.54) is 0 Å². The topological polar surface area (TPSA) is 161 Å². The zero-order valence-electron chi connectivity index (χ0n) is 26.9. The minimum absolute atomic E-state index is 0.221. The third-order valence-electron chi connectivity index (χ3n) is 6.92. The molecule has 3 heterocycles. The second-order valence-corrected chi connectivity index (χ2v) is 11.1. The lowest BCUT2D eigenvalue weighted by Crippen LogP contribution is -2.28. The summed E-state index contributed by atoms with van der Waals surface area (Å²) in [7, 11) is 9.05. The van der Waals surface area contributed by atoms with E-state index in [4.69, 9.17) is 4.74 Å². The minimum Gasteiger partial charge on any atom is -0.466 e. The maximum absolute atomic E-state index is 13.1. The van der Waals surface area contributed by atoms with Crippen LogP contribution in [0.5, 0.6) is 0 Å². The van der Waals surface area contributed by atoms with Gasteiger partial charge in [0, 0.05) is 59.1 Å². The molecule has 0 aliphatic rings. The Labute approximate surface area is 263 Å². The number of carbonyl (C=O) groups excluding carboxylic acids is 5. The third-order valence-corrected chi connectivity index (χ3v) is 6.92. The van der Waals surface area contributed by atoms with Gasteiger partial charge in [0.05, 0.1) is 23.7 Å². The molecule has 3 rings (SSSR count). The summed E-state index contributed by atoms with van der Waals surface area (Å²) >= 11 is 0. The summed E-state index contributed by atoms with van der Waals surface area (Å²) in [5, 5.41) is 11.3. The van der Waals surface area contributed by atoms with Crippen molar-refractivity contribution < 1.29 is 28.7 Å². The summed E-state index contributed by atoms with van der Waals surface area (Å²) < 4.78 is 9.71. The maximum atomic E-state index is 13.1. The average Bonchev–Trinajstić information content (AvgIpc) is 3.64. The van der Waals surface area contributed by atoms with Gasteiger partial charge in [-0.25, -0.2) is 0 Å². The van der Waals surface area contributed by atoms with Crippen LogP contribution in [0.4, 0.5) is 17.1 Å². The number of aromatic nitrogens is 3. The number of carbonyl (C=O) groups is 5. The van der Waals surface area contributed by atoms with Gasteiger partial charge < -0.3 is 44.6 Å². The molecular weight excluding hydrogens is 580 g/mol. The lowest BCUT2D eigenvalue weighted by atomic mass is 10.2. The average molecular weight is 625 g/mol. The van der Waals surface area contributed by atoms with Crippen LogP contribution < -0.4 is 21.3 Å². The van der Waals surface area contributed by atoms with E-state index in [2.05, 4.69) is 21.3 Å². The van der Waals surface area contributed by atoms with Crippen LogP contribution >= 0.6 is 0 Å². The summed E-state index contributed by atoms with van der Waals surface area (Å²) in [6.07, 6.45) is 7.32. The zero-order chi connectivity index (χ0) is 33.1. The van der Waals surface area contributed by atoms with E-state index >= 15 is 0 Å². The first kappa shape index (κ1) is 34.6. The number of hydrogen-bond donors (Lipinski definition) is 4. The van der Waals surface area contributed by atoms with E-state index in [-0.39, 0.29) is 30.6 Å². The first-order chi connectivity index (χ1) is 21.4. The Hall–Kier alpha value is -4.85. The van der Waals surface area contributed by atoms with E-state index in [1.54, 1.807) is 78.6 Å². The summed E-state index contributed by atoms with van der Waals surface area (Å²) in [4.78, 5) is 64.5. The highest BCUT2D eigenvalue weighted by atomic mass is 16.5. The molecule has 0 unspecified atom stereocenters. The molecule has 0 saturated carbocycles. The van der Waals surface area contributed by atoms with Crippen molar-refractivity contribution in [3.05, 3.63) is 53.9 Å². The number of unbranched alkanes of at least 4 members (excludes halogenated alkanes) is 1. The van der Waals surface area contributed by atoms with Crippen LogP contribution in [0, 0.1) is 0 Å². The number of esters is 1. The van der Waals surface area contributed by atoms with Crippen molar-refractivity contribution in [2.45, 2.75) is 39.0 Å². The first-order valence-electron chi connectivity index (χ1n) is 14.9. The fraction of sp³-hybridized carbons (Fsp3) is 0.452. The Morgan fingerprint density at radius 2 is 1.16 bits per heavy atom. The van der Waals surface area contributed by atoms with Crippen molar-refractivity contribution >= 4 is 46.7 Å². The number of rotatable bonds is 16. The molecule has 0 fully saturated rings. The number of nitrogens with one attached hydrogen (secondary N) is 4. The van der Waals surface area contributed by atoms with E-state index in [0.717, 1.165) is 13.0 Å². The van der Waals surface area contributed by atoms with Crippen molar-refractivity contribution in [3.8, 4) is 0 Å². The van der Waals surface area contributed by atoms with Crippen LogP contribution in [0.2, 0.25) is 0 Å². The zero-order valence-corrected chi connectivity index (χ0v) is 26.9. The van der Waals surface area contributed by atoms with Crippen LogP contribution in [0.25, 0.3) is 0 Å². The number of aryl methyl sites for hydroxylation is 3. The monoisotopic (exact) mass is 624 g/mol. The van der Waals surface area contributed by atoms with Crippen LogP contribution in [0.15, 0.2) is 36.8 Å². The Kier molecular flexibility index (Phi) is 12.5. The Morgan fingerprint density at radius 1 is 0.689 bits per heavy atom. The van der Waals surface area contributed by atoms with Gasteiger partial charge in [-0.3, -0.25) is 24.0 Å². The molecule has 0 radical (unpaired) electrons.